The first-order valence-electron chi connectivity index (χ1n) is 7.16. The zero-order valence-corrected chi connectivity index (χ0v) is 12.8. The molecule has 0 bridgehead atoms. The van der Waals surface area contributed by atoms with E-state index >= 15 is 0 Å². The summed E-state index contributed by atoms with van der Waals surface area (Å²) >= 11 is 0. The van der Waals surface area contributed by atoms with Gasteiger partial charge < -0.3 is 0 Å². The Morgan fingerprint density at radius 1 is 1.10 bits per heavy atom. The van der Waals surface area contributed by atoms with E-state index < -0.39 is 0 Å². The van der Waals surface area contributed by atoms with Crippen LogP contribution in [-0.2, 0) is 4.94 Å². The number of nitrogens with one attached hydrogen (secondary N) is 1. The van der Waals surface area contributed by atoms with Crippen LogP contribution in [0.2, 0.25) is 0 Å². The van der Waals surface area contributed by atoms with Gasteiger partial charge in [0, 0.05) is 16.6 Å². The van der Waals surface area contributed by atoms with Gasteiger partial charge in [-0.15, -0.1) is 0 Å². The molecule has 0 spiro atoms. The van der Waals surface area contributed by atoms with Crippen LogP contribution in [0.4, 0.5) is 0 Å². The molecule has 4 nitrogen and oxygen atoms in total. The number of carbonyl (C=O) groups is 1. The van der Waals surface area contributed by atoms with Crippen LogP contribution in [0.5, 0.6) is 0 Å². The molecule has 1 aliphatic rings. The molecule has 110 valence electrons. The molecule has 0 unspecified atom stereocenters. The van der Waals surface area contributed by atoms with E-state index in [1.165, 1.54) is 6.42 Å². The van der Waals surface area contributed by atoms with E-state index in [9.17, 15) is 4.79 Å². The maximum absolute atomic E-state index is 12.0. The van der Waals surface area contributed by atoms with Crippen LogP contribution < -0.4 is 5.48 Å². The van der Waals surface area contributed by atoms with Crippen molar-refractivity contribution in [3.05, 3.63) is 35.9 Å². The van der Waals surface area contributed by atoms with E-state index in [0.717, 1.165) is 12.8 Å². The van der Waals surface area contributed by atoms with Crippen LogP contribution in [0.25, 0.3) is 0 Å². The molecule has 1 N–H and O–H groups in total. The zero-order valence-electron chi connectivity index (χ0n) is 12.8. The molecule has 1 aromatic rings. The first-order chi connectivity index (χ1) is 9.33. The minimum atomic E-state index is -0.220. The van der Waals surface area contributed by atoms with Gasteiger partial charge in [-0.3, -0.25) is 4.79 Å². The number of hydroxylamine groups is 3. The van der Waals surface area contributed by atoms with Crippen LogP contribution in [0, 0.1) is 0 Å². The summed E-state index contributed by atoms with van der Waals surface area (Å²) in [6.07, 6.45) is 3.28. The molecule has 1 saturated heterocycles. The van der Waals surface area contributed by atoms with Crippen molar-refractivity contribution in [3.63, 3.8) is 0 Å². The largest absolute Gasteiger partial charge is 0.276 e. The van der Waals surface area contributed by atoms with E-state index in [1.54, 1.807) is 12.1 Å². The maximum atomic E-state index is 12.0. The molecule has 2 rings (SSSR count). The number of rotatable bonds is 3. The molecule has 1 fully saturated rings. The van der Waals surface area contributed by atoms with E-state index in [2.05, 4.69) is 33.2 Å². The lowest BCUT2D eigenvalue weighted by Gasteiger charge is -2.50. The van der Waals surface area contributed by atoms with Crippen molar-refractivity contribution in [3.8, 4) is 0 Å². The minimum absolute atomic E-state index is 0.0915. The van der Waals surface area contributed by atoms with Crippen molar-refractivity contribution in [1.29, 1.82) is 0 Å². The average molecular weight is 276 g/mol. The first-order valence-corrected chi connectivity index (χ1v) is 7.16. The van der Waals surface area contributed by atoms with E-state index in [-0.39, 0.29) is 17.0 Å². The number of amides is 1. The van der Waals surface area contributed by atoms with Gasteiger partial charge in [-0.2, -0.15) is 10.0 Å². The van der Waals surface area contributed by atoms with Gasteiger partial charge in [-0.05, 0) is 59.1 Å². The normalized spacial score (nSPS) is 21.4. The standard InChI is InChI=1S/C16H24N2O2/c1-15(2)11-8-12-16(3,4)18(15)20-17-14(19)13-9-6-5-7-10-13/h5-7,9-10H,8,11-12H2,1-4H3,(H,17,19). The van der Waals surface area contributed by atoms with Crippen molar-refractivity contribution in [1.82, 2.24) is 10.5 Å². The number of carbonyl (C=O) groups excluding carboxylic acids is 1. The third-order valence-electron chi connectivity index (χ3n) is 3.94. The number of piperidine rings is 1. The Hall–Kier alpha value is -1.39. The van der Waals surface area contributed by atoms with Crippen molar-refractivity contribution in [2.75, 3.05) is 0 Å². The minimum Gasteiger partial charge on any atom is -0.267 e. The van der Waals surface area contributed by atoms with Crippen molar-refractivity contribution < 1.29 is 9.73 Å². The predicted molar refractivity (Wildman–Crippen MR) is 78.8 cm³/mol. The second-order valence-corrected chi connectivity index (χ2v) is 6.66. The molecular formula is C16H24N2O2. The quantitative estimate of drug-likeness (QED) is 0.861. The zero-order chi connectivity index (χ0) is 14.8. The Balaban J connectivity index is 2.03. The Kier molecular flexibility index (Phi) is 4.16. The van der Waals surface area contributed by atoms with Gasteiger partial charge in [0.25, 0.3) is 5.91 Å². The van der Waals surface area contributed by atoms with Gasteiger partial charge in [0.15, 0.2) is 0 Å². The van der Waals surface area contributed by atoms with Crippen molar-refractivity contribution in [2.24, 2.45) is 0 Å². The van der Waals surface area contributed by atoms with Crippen LogP contribution in [0.3, 0.4) is 0 Å². The van der Waals surface area contributed by atoms with Gasteiger partial charge in [-0.25, -0.2) is 5.48 Å². The molecule has 20 heavy (non-hydrogen) atoms. The summed E-state index contributed by atoms with van der Waals surface area (Å²) < 4.78 is 0. The lowest BCUT2D eigenvalue weighted by Crippen LogP contribution is -2.60. The first kappa shape index (κ1) is 15.0. The molecule has 0 aromatic heterocycles. The van der Waals surface area contributed by atoms with E-state index in [1.807, 2.05) is 23.3 Å². The summed E-state index contributed by atoms with van der Waals surface area (Å²) in [6, 6.07) is 9.10. The molecule has 1 aromatic carbocycles. The fraction of sp³-hybridized carbons (Fsp3) is 0.562. The lowest BCUT2D eigenvalue weighted by atomic mass is 9.82. The maximum Gasteiger partial charge on any atom is 0.276 e. The average Bonchev–Trinajstić information content (AvgIpc) is 2.37. The summed E-state index contributed by atoms with van der Waals surface area (Å²) in [5, 5.41) is 1.92. The molecule has 0 radical (unpaired) electrons. The highest BCUT2D eigenvalue weighted by molar-refractivity contribution is 5.93. The molecule has 1 heterocycles. The van der Waals surface area contributed by atoms with Gasteiger partial charge in [0.1, 0.15) is 0 Å². The fourth-order valence-corrected chi connectivity index (χ4v) is 2.96. The fourth-order valence-electron chi connectivity index (χ4n) is 2.96. The van der Waals surface area contributed by atoms with Gasteiger partial charge in [0.2, 0.25) is 0 Å². The second kappa shape index (κ2) is 5.54. The smallest absolute Gasteiger partial charge is 0.267 e. The topological polar surface area (TPSA) is 41.6 Å². The molecule has 0 aliphatic carbocycles. The molecule has 0 atom stereocenters. The third-order valence-corrected chi connectivity index (χ3v) is 3.94. The summed E-state index contributed by atoms with van der Waals surface area (Å²) in [4.78, 5) is 17.7. The monoisotopic (exact) mass is 276 g/mol. The van der Waals surface area contributed by atoms with E-state index in [4.69, 9.17) is 4.94 Å². The summed E-state index contributed by atoms with van der Waals surface area (Å²) in [6.45, 7) is 8.57. The molecule has 1 amide bonds. The predicted octanol–water partition coefficient (Wildman–Crippen LogP) is 3.31. The van der Waals surface area contributed by atoms with Crippen LogP contribution >= 0.6 is 0 Å². The van der Waals surface area contributed by atoms with Gasteiger partial charge in [-0.1, -0.05) is 18.2 Å². The molecule has 1 aliphatic heterocycles. The van der Waals surface area contributed by atoms with Gasteiger partial charge >= 0.3 is 0 Å². The van der Waals surface area contributed by atoms with Crippen molar-refractivity contribution >= 4 is 5.91 Å². The molecular weight excluding hydrogens is 252 g/mol. The number of nitrogens with zero attached hydrogens (tertiary/aromatic N) is 1. The molecule has 4 heteroatoms. The molecule has 0 saturated carbocycles. The number of benzene rings is 1. The number of hydrogen-bond donors (Lipinski definition) is 1. The SMILES string of the molecule is CC1(C)CCCC(C)(C)N1ONC(=O)c1ccccc1. The Labute approximate surface area is 121 Å². The summed E-state index contributed by atoms with van der Waals surface area (Å²) in [7, 11) is 0. The number of hydrogen-bond acceptors (Lipinski definition) is 3. The second-order valence-electron chi connectivity index (χ2n) is 6.66. The third kappa shape index (κ3) is 3.19. The Morgan fingerprint density at radius 3 is 2.20 bits per heavy atom. The Bertz CT molecular complexity index is 453. The van der Waals surface area contributed by atoms with Crippen LogP contribution in [-0.4, -0.2) is 22.0 Å². The van der Waals surface area contributed by atoms with Crippen LogP contribution in [0.1, 0.15) is 57.3 Å². The van der Waals surface area contributed by atoms with Crippen LogP contribution in [0.15, 0.2) is 30.3 Å². The lowest BCUT2D eigenvalue weighted by molar-refractivity contribution is -0.304. The van der Waals surface area contributed by atoms with E-state index in [0.29, 0.717) is 5.56 Å². The summed E-state index contributed by atoms with van der Waals surface area (Å²) in [5.41, 5.74) is 2.98. The highest BCUT2D eigenvalue weighted by Crippen LogP contribution is 2.37. The van der Waals surface area contributed by atoms with Gasteiger partial charge in [0.05, 0.1) is 0 Å². The summed E-state index contributed by atoms with van der Waals surface area (Å²) in [5.74, 6) is -0.220. The highest BCUT2D eigenvalue weighted by atomic mass is 16.8. The Morgan fingerprint density at radius 2 is 1.65 bits per heavy atom. The van der Waals surface area contributed by atoms with Crippen molar-refractivity contribution in [2.45, 2.75) is 58.0 Å². The highest BCUT2D eigenvalue weighted by Gasteiger charge is 2.43.